The Labute approximate surface area is 193 Å². The number of ether oxygens (including phenoxy) is 1. The molecule has 2 heterocycles. The quantitative estimate of drug-likeness (QED) is 0.200. The average Bonchev–Trinajstić information content (AvgIpc) is 3.25. The molecule has 10 heteroatoms. The monoisotopic (exact) mass is 463 g/mol. The van der Waals surface area contributed by atoms with Crippen molar-refractivity contribution >= 4 is 46.6 Å². The fraction of sp³-hybridized carbons (Fsp3) is 0.0870. The number of hydrogen-bond donors (Lipinski definition) is 1. The van der Waals surface area contributed by atoms with Gasteiger partial charge >= 0.3 is 0 Å². The summed E-state index contributed by atoms with van der Waals surface area (Å²) in [4.78, 5) is 37.3. The molecule has 1 fully saturated rings. The van der Waals surface area contributed by atoms with E-state index in [1.165, 1.54) is 30.2 Å². The van der Waals surface area contributed by atoms with E-state index in [0.29, 0.717) is 28.3 Å². The molecule has 166 valence electrons. The van der Waals surface area contributed by atoms with E-state index in [9.17, 15) is 19.7 Å². The van der Waals surface area contributed by atoms with Crippen molar-refractivity contribution in [3.63, 3.8) is 0 Å². The molecular formula is C23H17N3O6S. The first kappa shape index (κ1) is 21.9. The topological polar surface area (TPSA) is 115 Å². The largest absolute Gasteiger partial charge is 0.497 e. The lowest BCUT2D eigenvalue weighted by atomic mass is 10.1. The van der Waals surface area contributed by atoms with Crippen LogP contribution in [0.5, 0.6) is 5.75 Å². The zero-order chi connectivity index (χ0) is 23.7. The first-order valence-corrected chi connectivity index (χ1v) is 10.1. The highest BCUT2D eigenvalue weighted by atomic mass is 32.1. The number of aryl methyl sites for hydroxylation is 1. The Kier molecular flexibility index (Phi) is 5.76. The number of nitro benzene ring substituents is 1. The average molecular weight is 463 g/mol. The number of nitrogens with one attached hydrogen (secondary N) is 1. The number of non-ortho nitro benzene ring substituents is 1. The number of carbonyl (C=O) groups excluding carboxylic acids is 2. The Balaban J connectivity index is 1.65. The molecule has 1 aromatic heterocycles. The Bertz CT molecular complexity index is 1330. The maximum Gasteiger partial charge on any atom is 0.270 e. The van der Waals surface area contributed by atoms with Crippen molar-refractivity contribution in [2.75, 3.05) is 12.0 Å². The maximum absolute atomic E-state index is 13.1. The molecule has 0 spiro atoms. The fourth-order valence-electron chi connectivity index (χ4n) is 3.38. The Morgan fingerprint density at radius 1 is 1.12 bits per heavy atom. The van der Waals surface area contributed by atoms with Crippen LogP contribution in [0.2, 0.25) is 0 Å². The smallest absolute Gasteiger partial charge is 0.270 e. The normalized spacial score (nSPS) is 15.0. The van der Waals surface area contributed by atoms with Crippen LogP contribution in [0.3, 0.4) is 0 Å². The van der Waals surface area contributed by atoms with Crippen molar-refractivity contribution in [2.45, 2.75) is 6.92 Å². The van der Waals surface area contributed by atoms with Gasteiger partial charge in [-0.15, -0.1) is 0 Å². The lowest BCUT2D eigenvalue weighted by Crippen LogP contribution is -2.54. The van der Waals surface area contributed by atoms with Gasteiger partial charge < -0.3 is 9.15 Å². The van der Waals surface area contributed by atoms with Gasteiger partial charge in [-0.2, -0.15) is 0 Å². The minimum Gasteiger partial charge on any atom is -0.497 e. The molecule has 0 radical (unpaired) electrons. The number of anilines is 1. The van der Waals surface area contributed by atoms with Gasteiger partial charge in [-0.25, -0.2) is 0 Å². The Morgan fingerprint density at radius 2 is 1.85 bits per heavy atom. The molecule has 4 rings (SSSR count). The summed E-state index contributed by atoms with van der Waals surface area (Å²) in [6.45, 7) is 1.73. The Hall–Kier alpha value is -4.31. The number of hydrogen-bond acceptors (Lipinski definition) is 7. The predicted octanol–water partition coefficient (Wildman–Crippen LogP) is 4.00. The molecule has 2 aromatic carbocycles. The summed E-state index contributed by atoms with van der Waals surface area (Å²) in [5.41, 5.74) is 1.61. The summed E-state index contributed by atoms with van der Waals surface area (Å²) in [5.74, 6) is 0.0837. The lowest BCUT2D eigenvalue weighted by molar-refractivity contribution is -0.384. The van der Waals surface area contributed by atoms with Gasteiger partial charge in [0, 0.05) is 17.7 Å². The van der Waals surface area contributed by atoms with E-state index in [1.54, 1.807) is 49.4 Å². The van der Waals surface area contributed by atoms with Gasteiger partial charge in [0.1, 0.15) is 22.8 Å². The van der Waals surface area contributed by atoms with Gasteiger partial charge in [-0.05, 0) is 73.2 Å². The number of furan rings is 1. The SMILES string of the molecule is COc1ccc(N2C(=O)/C(=C/c3ccc(-c4ccc([N+](=O)[O-])cc4C)o3)C(=O)NC2=S)cc1. The first-order valence-electron chi connectivity index (χ1n) is 9.69. The van der Waals surface area contributed by atoms with E-state index < -0.39 is 16.7 Å². The molecule has 0 bridgehead atoms. The third kappa shape index (κ3) is 4.23. The minimum absolute atomic E-state index is 0.0239. The van der Waals surface area contributed by atoms with E-state index >= 15 is 0 Å². The van der Waals surface area contributed by atoms with Crippen LogP contribution in [-0.4, -0.2) is 29.0 Å². The molecule has 1 N–H and O–H groups in total. The number of benzene rings is 2. The van der Waals surface area contributed by atoms with Crippen LogP contribution in [0, 0.1) is 17.0 Å². The third-order valence-electron chi connectivity index (χ3n) is 5.03. The predicted molar refractivity (Wildman–Crippen MR) is 125 cm³/mol. The molecule has 3 aromatic rings. The molecule has 0 aliphatic carbocycles. The van der Waals surface area contributed by atoms with Gasteiger partial charge in [0.05, 0.1) is 17.7 Å². The number of amides is 2. The van der Waals surface area contributed by atoms with Gasteiger partial charge in [-0.1, -0.05) is 0 Å². The van der Waals surface area contributed by atoms with Crippen LogP contribution in [0.1, 0.15) is 11.3 Å². The third-order valence-corrected chi connectivity index (χ3v) is 5.32. The second-order valence-electron chi connectivity index (χ2n) is 7.11. The van der Waals surface area contributed by atoms with Crippen molar-refractivity contribution in [1.82, 2.24) is 5.32 Å². The number of rotatable bonds is 5. The lowest BCUT2D eigenvalue weighted by Gasteiger charge is -2.28. The standard InChI is InChI=1S/C23H17N3O6S/c1-13-11-15(26(29)30)5-9-18(13)20-10-8-17(32-20)12-19-21(27)24-23(33)25(22(19)28)14-3-6-16(31-2)7-4-14/h3-12H,1-2H3,(H,24,27,33)/b19-12+. The van der Waals surface area contributed by atoms with E-state index in [-0.39, 0.29) is 22.1 Å². The van der Waals surface area contributed by atoms with Crippen molar-refractivity contribution in [2.24, 2.45) is 0 Å². The van der Waals surface area contributed by atoms with Gasteiger partial charge in [0.15, 0.2) is 5.11 Å². The summed E-state index contributed by atoms with van der Waals surface area (Å²) in [6, 6.07) is 14.3. The fourth-order valence-corrected chi connectivity index (χ4v) is 3.66. The second-order valence-corrected chi connectivity index (χ2v) is 7.50. The highest BCUT2D eigenvalue weighted by Gasteiger charge is 2.34. The van der Waals surface area contributed by atoms with Crippen LogP contribution in [0.4, 0.5) is 11.4 Å². The molecule has 9 nitrogen and oxygen atoms in total. The summed E-state index contributed by atoms with van der Waals surface area (Å²) in [6.07, 6.45) is 1.33. The molecule has 0 saturated carbocycles. The van der Waals surface area contributed by atoms with Crippen LogP contribution < -0.4 is 15.0 Å². The number of carbonyl (C=O) groups is 2. The molecule has 1 aliphatic rings. The van der Waals surface area contributed by atoms with Crippen molar-refractivity contribution in [1.29, 1.82) is 0 Å². The summed E-state index contributed by atoms with van der Waals surface area (Å²) < 4.78 is 10.9. The zero-order valence-electron chi connectivity index (χ0n) is 17.5. The van der Waals surface area contributed by atoms with Gasteiger partial charge in [0.25, 0.3) is 17.5 Å². The molecular weight excluding hydrogens is 446 g/mol. The molecule has 0 unspecified atom stereocenters. The van der Waals surface area contributed by atoms with E-state index in [2.05, 4.69) is 5.32 Å². The van der Waals surface area contributed by atoms with Crippen LogP contribution in [-0.2, 0) is 9.59 Å². The summed E-state index contributed by atoms with van der Waals surface area (Å²) in [5, 5.41) is 13.4. The first-order chi connectivity index (χ1) is 15.8. The van der Waals surface area contributed by atoms with Crippen LogP contribution in [0.25, 0.3) is 17.4 Å². The maximum atomic E-state index is 13.1. The molecule has 2 amide bonds. The molecule has 33 heavy (non-hydrogen) atoms. The van der Waals surface area contributed by atoms with Gasteiger partial charge in [0.2, 0.25) is 0 Å². The number of nitrogens with zero attached hydrogens (tertiary/aromatic N) is 2. The van der Waals surface area contributed by atoms with E-state index in [4.69, 9.17) is 21.4 Å². The summed E-state index contributed by atoms with van der Waals surface area (Å²) >= 11 is 5.20. The van der Waals surface area contributed by atoms with Crippen LogP contribution >= 0.6 is 12.2 Å². The second kappa shape index (κ2) is 8.67. The highest BCUT2D eigenvalue weighted by molar-refractivity contribution is 7.80. The molecule has 1 saturated heterocycles. The summed E-state index contributed by atoms with van der Waals surface area (Å²) in [7, 11) is 1.53. The minimum atomic E-state index is -0.640. The van der Waals surface area contributed by atoms with Crippen molar-refractivity contribution < 1.29 is 23.7 Å². The van der Waals surface area contributed by atoms with Gasteiger partial charge in [-0.3, -0.25) is 29.9 Å². The number of thiocarbonyl (C=S) groups is 1. The van der Waals surface area contributed by atoms with Crippen molar-refractivity contribution in [3.8, 4) is 17.1 Å². The van der Waals surface area contributed by atoms with E-state index in [1.807, 2.05) is 0 Å². The zero-order valence-corrected chi connectivity index (χ0v) is 18.3. The van der Waals surface area contributed by atoms with E-state index in [0.717, 1.165) is 0 Å². The highest BCUT2D eigenvalue weighted by Crippen LogP contribution is 2.30. The number of methoxy groups -OCH3 is 1. The number of nitro groups is 1. The van der Waals surface area contributed by atoms with Crippen molar-refractivity contribution in [3.05, 3.63) is 81.6 Å². The van der Waals surface area contributed by atoms with Crippen LogP contribution in [0.15, 0.2) is 64.6 Å². The molecule has 0 atom stereocenters. The molecule has 1 aliphatic heterocycles. The Morgan fingerprint density at radius 3 is 2.48 bits per heavy atom.